The molecule has 0 heterocycles. The highest BCUT2D eigenvalue weighted by Crippen LogP contribution is 2.37. The monoisotopic (exact) mass is 434 g/mol. The van der Waals surface area contributed by atoms with Crippen LogP contribution in [-0.2, 0) is 21.5 Å². The molecular formula is C19H21ClF2O5S. The first-order valence-electron chi connectivity index (χ1n) is 8.58. The molecular weight excluding hydrogens is 414 g/mol. The Balaban J connectivity index is 1.92. The third-order valence-corrected chi connectivity index (χ3v) is 4.36. The molecule has 0 amide bonds. The molecule has 1 atom stereocenters. The standard InChI is InChI=1S/C19H21ClF2O5S/c20-11-1-12-25-17-7-3-15(4-8-17)19(21,22)16-5-9-18(10-6-16)26-13-2-14-27-28(23)24/h3-10H,1-2,11-14H2,(H,23,24). The van der Waals surface area contributed by atoms with E-state index in [0.29, 0.717) is 36.8 Å². The highest BCUT2D eigenvalue weighted by atomic mass is 35.5. The van der Waals surface area contributed by atoms with Crippen LogP contribution in [0.4, 0.5) is 8.78 Å². The summed E-state index contributed by atoms with van der Waals surface area (Å²) in [7, 11) is 0. The Morgan fingerprint density at radius 2 is 1.32 bits per heavy atom. The molecule has 9 heteroatoms. The van der Waals surface area contributed by atoms with Crippen LogP contribution in [-0.4, -0.2) is 34.5 Å². The molecule has 0 saturated carbocycles. The van der Waals surface area contributed by atoms with E-state index in [0.717, 1.165) is 0 Å². The van der Waals surface area contributed by atoms with Crippen LogP contribution in [0.15, 0.2) is 48.5 Å². The van der Waals surface area contributed by atoms with Gasteiger partial charge in [-0.25, -0.2) is 0 Å². The Kier molecular flexibility index (Phi) is 9.11. The van der Waals surface area contributed by atoms with E-state index in [1.807, 2.05) is 0 Å². The van der Waals surface area contributed by atoms with Crippen molar-refractivity contribution in [2.24, 2.45) is 0 Å². The summed E-state index contributed by atoms with van der Waals surface area (Å²) < 4.78 is 63.5. The maximum absolute atomic E-state index is 14.7. The highest BCUT2D eigenvalue weighted by Gasteiger charge is 2.33. The molecule has 2 rings (SSSR count). The zero-order valence-electron chi connectivity index (χ0n) is 15.0. The van der Waals surface area contributed by atoms with E-state index in [4.69, 9.17) is 25.6 Å². The summed E-state index contributed by atoms with van der Waals surface area (Å²) in [5.74, 6) is -1.74. The van der Waals surface area contributed by atoms with E-state index in [1.54, 1.807) is 0 Å². The summed E-state index contributed by atoms with van der Waals surface area (Å²) in [5.41, 5.74) is -0.297. The van der Waals surface area contributed by atoms with E-state index < -0.39 is 17.3 Å². The van der Waals surface area contributed by atoms with Gasteiger partial charge in [0.2, 0.25) is 0 Å². The highest BCUT2D eigenvalue weighted by molar-refractivity contribution is 7.74. The molecule has 0 saturated heterocycles. The van der Waals surface area contributed by atoms with Crippen LogP contribution in [0, 0.1) is 0 Å². The van der Waals surface area contributed by atoms with E-state index in [1.165, 1.54) is 48.5 Å². The van der Waals surface area contributed by atoms with Crippen molar-refractivity contribution in [3.8, 4) is 11.5 Å². The molecule has 0 bridgehead atoms. The molecule has 0 aliphatic carbocycles. The summed E-state index contributed by atoms with van der Waals surface area (Å²) in [5, 5.41) is 0. The average Bonchev–Trinajstić information content (AvgIpc) is 2.68. The van der Waals surface area contributed by atoms with Crippen LogP contribution in [0.5, 0.6) is 11.5 Å². The van der Waals surface area contributed by atoms with Gasteiger partial charge in [0.1, 0.15) is 11.5 Å². The molecule has 0 radical (unpaired) electrons. The summed E-state index contributed by atoms with van der Waals surface area (Å²) in [6.07, 6.45) is 1.07. The zero-order valence-corrected chi connectivity index (χ0v) is 16.6. The lowest BCUT2D eigenvalue weighted by Gasteiger charge is -2.18. The Bertz CT molecular complexity index is 741. The lowest BCUT2D eigenvalue weighted by atomic mass is 10.0. The second-order valence-electron chi connectivity index (χ2n) is 5.76. The van der Waals surface area contributed by atoms with Crippen molar-refractivity contribution in [2.45, 2.75) is 18.8 Å². The van der Waals surface area contributed by atoms with Crippen molar-refractivity contribution >= 4 is 23.0 Å². The average molecular weight is 435 g/mol. The Labute approximate surface area is 170 Å². The van der Waals surface area contributed by atoms with E-state index in [-0.39, 0.29) is 24.3 Å². The van der Waals surface area contributed by atoms with Gasteiger partial charge < -0.3 is 9.47 Å². The molecule has 154 valence electrons. The van der Waals surface area contributed by atoms with Crippen LogP contribution >= 0.6 is 11.6 Å². The molecule has 0 spiro atoms. The first-order chi connectivity index (χ1) is 13.4. The fourth-order valence-corrected chi connectivity index (χ4v) is 2.68. The van der Waals surface area contributed by atoms with Gasteiger partial charge in [-0.05, 0) is 55.0 Å². The first-order valence-corrected chi connectivity index (χ1v) is 10.1. The lowest BCUT2D eigenvalue weighted by Crippen LogP contribution is -2.15. The number of ether oxygens (including phenoxy) is 2. The summed E-state index contributed by atoms with van der Waals surface area (Å²) in [4.78, 5) is 0. The predicted molar refractivity (Wildman–Crippen MR) is 104 cm³/mol. The first kappa shape index (κ1) is 22.5. The zero-order chi connectivity index (χ0) is 20.4. The van der Waals surface area contributed by atoms with Crippen LogP contribution in [0.3, 0.4) is 0 Å². The quantitative estimate of drug-likeness (QED) is 0.296. The Morgan fingerprint density at radius 3 is 1.75 bits per heavy atom. The van der Waals surface area contributed by atoms with Crippen molar-refractivity contribution < 1.29 is 31.2 Å². The molecule has 0 fully saturated rings. The van der Waals surface area contributed by atoms with Gasteiger partial charge in [-0.3, -0.25) is 8.74 Å². The molecule has 0 aliphatic rings. The van der Waals surface area contributed by atoms with Crippen molar-refractivity contribution in [1.29, 1.82) is 0 Å². The van der Waals surface area contributed by atoms with Crippen molar-refractivity contribution in [1.82, 2.24) is 0 Å². The molecule has 1 N–H and O–H groups in total. The second-order valence-corrected chi connectivity index (χ2v) is 6.80. The molecule has 0 aliphatic heterocycles. The molecule has 1 unspecified atom stereocenters. The van der Waals surface area contributed by atoms with Crippen LogP contribution in [0.2, 0.25) is 0 Å². The molecule has 5 nitrogen and oxygen atoms in total. The largest absolute Gasteiger partial charge is 0.494 e. The van der Waals surface area contributed by atoms with Gasteiger partial charge in [-0.15, -0.1) is 11.6 Å². The maximum atomic E-state index is 14.7. The minimum Gasteiger partial charge on any atom is -0.494 e. The van der Waals surface area contributed by atoms with Gasteiger partial charge in [-0.1, -0.05) is 0 Å². The Hall–Kier alpha value is -1.74. The van der Waals surface area contributed by atoms with Crippen LogP contribution < -0.4 is 9.47 Å². The van der Waals surface area contributed by atoms with Gasteiger partial charge in [0, 0.05) is 23.4 Å². The smallest absolute Gasteiger partial charge is 0.301 e. The van der Waals surface area contributed by atoms with E-state index in [9.17, 15) is 13.0 Å². The lowest BCUT2D eigenvalue weighted by molar-refractivity contribution is 0.0427. The number of halogens is 3. The van der Waals surface area contributed by atoms with Gasteiger partial charge in [0.25, 0.3) is 5.92 Å². The van der Waals surface area contributed by atoms with Gasteiger partial charge >= 0.3 is 11.4 Å². The SMILES string of the molecule is O=S(O)OCCCOc1ccc(C(F)(F)c2ccc(OCCCCl)cc2)cc1. The number of rotatable bonds is 12. The maximum Gasteiger partial charge on any atom is 0.301 e. The summed E-state index contributed by atoms with van der Waals surface area (Å²) in [6.45, 7) is 0.730. The third-order valence-electron chi connectivity index (χ3n) is 3.72. The molecule has 28 heavy (non-hydrogen) atoms. The van der Waals surface area contributed by atoms with Crippen LogP contribution in [0.25, 0.3) is 0 Å². The fourth-order valence-electron chi connectivity index (χ4n) is 2.31. The third kappa shape index (κ3) is 7.01. The second kappa shape index (κ2) is 11.3. The van der Waals surface area contributed by atoms with E-state index >= 15 is 0 Å². The topological polar surface area (TPSA) is 65.0 Å². The van der Waals surface area contributed by atoms with Gasteiger partial charge in [-0.2, -0.15) is 13.0 Å². The molecule has 0 aromatic heterocycles. The molecule has 2 aromatic carbocycles. The van der Waals surface area contributed by atoms with Gasteiger partial charge in [0.15, 0.2) is 0 Å². The Morgan fingerprint density at radius 1 is 0.857 bits per heavy atom. The number of alkyl halides is 3. The van der Waals surface area contributed by atoms with E-state index in [2.05, 4.69) is 4.18 Å². The number of hydrogen-bond donors (Lipinski definition) is 1. The summed E-state index contributed by atoms with van der Waals surface area (Å²) in [6, 6.07) is 11.2. The number of benzene rings is 2. The minimum absolute atomic E-state index is 0.0604. The predicted octanol–water partition coefficient (Wildman–Crippen LogP) is 4.76. The molecule has 2 aromatic rings. The fraction of sp³-hybridized carbons (Fsp3) is 0.368. The van der Waals surface area contributed by atoms with Crippen molar-refractivity contribution in [2.75, 3.05) is 25.7 Å². The van der Waals surface area contributed by atoms with Crippen molar-refractivity contribution in [3.05, 3.63) is 59.7 Å². The van der Waals surface area contributed by atoms with Crippen molar-refractivity contribution in [3.63, 3.8) is 0 Å². The number of hydrogen-bond acceptors (Lipinski definition) is 4. The van der Waals surface area contributed by atoms with Crippen LogP contribution in [0.1, 0.15) is 24.0 Å². The summed E-state index contributed by atoms with van der Waals surface area (Å²) >= 11 is 3.27. The minimum atomic E-state index is -3.16. The normalized spacial score (nSPS) is 12.6. The van der Waals surface area contributed by atoms with Gasteiger partial charge in [0.05, 0.1) is 19.8 Å².